The van der Waals surface area contributed by atoms with Crippen LogP contribution < -0.4 is 14.8 Å². The molecule has 1 amide bonds. The van der Waals surface area contributed by atoms with Crippen LogP contribution in [-0.2, 0) is 4.79 Å². The van der Waals surface area contributed by atoms with Crippen molar-refractivity contribution in [2.75, 3.05) is 40.9 Å². The number of aliphatic hydroxyl groups is 1. The van der Waals surface area contributed by atoms with E-state index < -0.39 is 6.10 Å². The van der Waals surface area contributed by atoms with Crippen LogP contribution in [0.15, 0.2) is 24.3 Å². The first-order chi connectivity index (χ1) is 9.52. The lowest BCUT2D eigenvalue weighted by Gasteiger charge is -2.15. The Morgan fingerprint density at radius 1 is 1.40 bits per heavy atom. The lowest BCUT2D eigenvalue weighted by atomic mass is 10.3. The maximum absolute atomic E-state index is 11.3. The van der Waals surface area contributed by atoms with Gasteiger partial charge in [-0.2, -0.15) is 0 Å². The van der Waals surface area contributed by atoms with Crippen LogP contribution in [0.4, 0.5) is 0 Å². The Morgan fingerprint density at radius 3 is 2.75 bits per heavy atom. The maximum Gasteiger partial charge on any atom is 0.236 e. The molecule has 0 spiro atoms. The summed E-state index contributed by atoms with van der Waals surface area (Å²) in [5, 5.41) is 12.6. The molecule has 0 aliphatic heterocycles. The highest BCUT2D eigenvalue weighted by Crippen LogP contribution is 2.18. The standard InChI is InChI=1S/C14H22N2O4/c1-16(2)14(18)9-15-8-11(17)10-20-13-6-4-5-12(7-13)19-3/h4-7,11,15,17H,8-10H2,1-3H3. The zero-order valence-electron chi connectivity index (χ0n) is 12.1. The molecule has 112 valence electrons. The van der Waals surface area contributed by atoms with E-state index in [0.29, 0.717) is 18.0 Å². The number of aliphatic hydroxyl groups excluding tert-OH is 1. The molecule has 1 unspecified atom stereocenters. The number of nitrogens with one attached hydrogen (secondary N) is 1. The van der Waals surface area contributed by atoms with Crippen LogP contribution in [0.1, 0.15) is 0 Å². The zero-order valence-corrected chi connectivity index (χ0v) is 12.1. The summed E-state index contributed by atoms with van der Waals surface area (Å²) in [6, 6.07) is 7.17. The van der Waals surface area contributed by atoms with Gasteiger partial charge in [0.25, 0.3) is 0 Å². The number of carbonyl (C=O) groups excluding carboxylic acids is 1. The molecule has 0 radical (unpaired) electrons. The predicted molar refractivity (Wildman–Crippen MR) is 76.1 cm³/mol. The lowest BCUT2D eigenvalue weighted by molar-refractivity contribution is -0.127. The van der Waals surface area contributed by atoms with E-state index in [1.54, 1.807) is 33.3 Å². The average molecular weight is 282 g/mol. The van der Waals surface area contributed by atoms with Crippen LogP contribution in [0.5, 0.6) is 11.5 Å². The number of benzene rings is 1. The van der Waals surface area contributed by atoms with E-state index in [0.717, 1.165) is 0 Å². The predicted octanol–water partition coefficient (Wildman–Crippen LogP) is 0.113. The van der Waals surface area contributed by atoms with Gasteiger partial charge in [0.1, 0.15) is 24.2 Å². The van der Waals surface area contributed by atoms with Crippen molar-refractivity contribution < 1.29 is 19.4 Å². The molecule has 1 aromatic rings. The molecule has 2 N–H and O–H groups in total. The Balaban J connectivity index is 2.25. The van der Waals surface area contributed by atoms with Gasteiger partial charge in [-0.15, -0.1) is 0 Å². The van der Waals surface area contributed by atoms with Crippen LogP contribution in [0, 0.1) is 0 Å². The van der Waals surface area contributed by atoms with E-state index in [1.165, 1.54) is 4.90 Å². The summed E-state index contributed by atoms with van der Waals surface area (Å²) < 4.78 is 10.5. The molecule has 0 saturated heterocycles. The topological polar surface area (TPSA) is 71.0 Å². The average Bonchev–Trinajstić information content (AvgIpc) is 2.45. The molecule has 1 atom stereocenters. The number of ether oxygens (including phenoxy) is 2. The number of methoxy groups -OCH3 is 1. The van der Waals surface area contributed by atoms with Gasteiger partial charge in [-0.3, -0.25) is 4.79 Å². The van der Waals surface area contributed by atoms with Crippen molar-refractivity contribution in [1.29, 1.82) is 0 Å². The van der Waals surface area contributed by atoms with E-state index in [2.05, 4.69) is 5.32 Å². The summed E-state index contributed by atoms with van der Waals surface area (Å²) in [7, 11) is 4.96. The summed E-state index contributed by atoms with van der Waals surface area (Å²) in [4.78, 5) is 12.8. The van der Waals surface area contributed by atoms with Crippen molar-refractivity contribution in [1.82, 2.24) is 10.2 Å². The normalized spacial score (nSPS) is 11.8. The monoisotopic (exact) mass is 282 g/mol. The molecule has 6 heteroatoms. The first-order valence-electron chi connectivity index (χ1n) is 6.38. The number of likely N-dealkylation sites (N-methyl/N-ethyl adjacent to an activating group) is 1. The minimum atomic E-state index is -0.684. The molecule has 0 saturated carbocycles. The minimum Gasteiger partial charge on any atom is -0.497 e. The van der Waals surface area contributed by atoms with Gasteiger partial charge in [-0.25, -0.2) is 0 Å². The minimum absolute atomic E-state index is 0.0362. The van der Waals surface area contributed by atoms with E-state index in [-0.39, 0.29) is 19.1 Å². The van der Waals surface area contributed by atoms with Gasteiger partial charge in [0.2, 0.25) is 5.91 Å². The second-order valence-electron chi connectivity index (χ2n) is 4.56. The molecule has 0 aliphatic carbocycles. The number of nitrogens with zero attached hydrogens (tertiary/aromatic N) is 1. The molecule has 1 aromatic carbocycles. The summed E-state index contributed by atoms with van der Waals surface area (Å²) >= 11 is 0. The van der Waals surface area contributed by atoms with Crippen molar-refractivity contribution in [2.24, 2.45) is 0 Å². The SMILES string of the molecule is COc1cccc(OCC(O)CNCC(=O)N(C)C)c1. The van der Waals surface area contributed by atoms with Crippen molar-refractivity contribution in [3.05, 3.63) is 24.3 Å². The van der Waals surface area contributed by atoms with E-state index in [9.17, 15) is 9.90 Å². The Labute approximate surface area is 119 Å². The van der Waals surface area contributed by atoms with Gasteiger partial charge in [-0.05, 0) is 12.1 Å². The molecule has 0 aliphatic rings. The van der Waals surface area contributed by atoms with Gasteiger partial charge >= 0.3 is 0 Å². The Kier molecular flexibility index (Phi) is 6.83. The van der Waals surface area contributed by atoms with Crippen molar-refractivity contribution in [3.63, 3.8) is 0 Å². The highest BCUT2D eigenvalue weighted by atomic mass is 16.5. The number of rotatable bonds is 8. The summed E-state index contributed by atoms with van der Waals surface area (Å²) in [6.07, 6.45) is -0.684. The smallest absolute Gasteiger partial charge is 0.236 e. The van der Waals surface area contributed by atoms with Crippen LogP contribution in [0.2, 0.25) is 0 Å². The van der Waals surface area contributed by atoms with E-state index in [4.69, 9.17) is 9.47 Å². The molecule has 1 rings (SSSR count). The van der Waals surface area contributed by atoms with Crippen LogP contribution in [0.25, 0.3) is 0 Å². The van der Waals surface area contributed by atoms with Gasteiger partial charge in [0, 0.05) is 26.7 Å². The highest BCUT2D eigenvalue weighted by molar-refractivity contribution is 5.77. The van der Waals surface area contributed by atoms with E-state index >= 15 is 0 Å². The molecule has 20 heavy (non-hydrogen) atoms. The third-order valence-corrected chi connectivity index (χ3v) is 2.64. The van der Waals surface area contributed by atoms with Crippen molar-refractivity contribution >= 4 is 5.91 Å². The fraction of sp³-hybridized carbons (Fsp3) is 0.500. The number of hydrogen-bond donors (Lipinski definition) is 2. The zero-order chi connectivity index (χ0) is 15.0. The Hall–Kier alpha value is -1.79. The summed E-state index contributed by atoms with van der Waals surface area (Å²) in [6.45, 7) is 0.642. The third kappa shape index (κ3) is 5.90. The van der Waals surface area contributed by atoms with Crippen LogP contribution in [-0.4, -0.2) is 62.9 Å². The summed E-state index contributed by atoms with van der Waals surface area (Å²) in [5.74, 6) is 1.30. The van der Waals surface area contributed by atoms with Gasteiger partial charge in [0.05, 0.1) is 13.7 Å². The van der Waals surface area contributed by atoms with Gasteiger partial charge < -0.3 is 24.8 Å². The first-order valence-corrected chi connectivity index (χ1v) is 6.38. The van der Waals surface area contributed by atoms with Crippen LogP contribution in [0.3, 0.4) is 0 Å². The molecule has 0 fully saturated rings. The number of carbonyl (C=O) groups is 1. The second kappa shape index (κ2) is 8.39. The lowest BCUT2D eigenvalue weighted by Crippen LogP contribution is -2.38. The molecular formula is C14H22N2O4. The van der Waals surface area contributed by atoms with Crippen molar-refractivity contribution in [2.45, 2.75) is 6.10 Å². The fourth-order valence-electron chi connectivity index (χ4n) is 1.45. The Morgan fingerprint density at radius 2 is 2.10 bits per heavy atom. The highest BCUT2D eigenvalue weighted by Gasteiger charge is 2.08. The Bertz CT molecular complexity index is 423. The number of amides is 1. The van der Waals surface area contributed by atoms with E-state index in [1.807, 2.05) is 12.1 Å². The molecular weight excluding hydrogens is 260 g/mol. The van der Waals surface area contributed by atoms with Crippen molar-refractivity contribution in [3.8, 4) is 11.5 Å². The largest absolute Gasteiger partial charge is 0.497 e. The maximum atomic E-state index is 11.3. The summed E-state index contributed by atoms with van der Waals surface area (Å²) in [5.41, 5.74) is 0. The molecule has 6 nitrogen and oxygen atoms in total. The first kappa shape index (κ1) is 16.3. The molecule has 0 aromatic heterocycles. The third-order valence-electron chi connectivity index (χ3n) is 2.64. The molecule has 0 bridgehead atoms. The second-order valence-corrected chi connectivity index (χ2v) is 4.56. The van der Waals surface area contributed by atoms with Gasteiger partial charge in [-0.1, -0.05) is 6.07 Å². The van der Waals surface area contributed by atoms with Crippen LogP contribution >= 0.6 is 0 Å². The quantitative estimate of drug-likeness (QED) is 0.708. The van der Waals surface area contributed by atoms with Gasteiger partial charge in [0.15, 0.2) is 0 Å². The molecule has 0 heterocycles. The number of hydrogen-bond acceptors (Lipinski definition) is 5. The fourth-order valence-corrected chi connectivity index (χ4v) is 1.45.